The highest BCUT2D eigenvalue weighted by molar-refractivity contribution is 6.10. The van der Waals surface area contributed by atoms with Crippen LogP contribution in [0.1, 0.15) is 34.4 Å². The fourth-order valence-corrected chi connectivity index (χ4v) is 6.80. The first-order chi connectivity index (χ1) is 22.7. The van der Waals surface area contributed by atoms with Crippen molar-refractivity contribution in [3.8, 4) is 0 Å². The van der Waals surface area contributed by atoms with Crippen LogP contribution in [0.15, 0.2) is 60.7 Å². The second-order valence-electron chi connectivity index (χ2n) is 12.9. The van der Waals surface area contributed by atoms with Crippen LogP contribution in [0.25, 0.3) is 0 Å². The van der Waals surface area contributed by atoms with E-state index in [9.17, 15) is 27.6 Å². The topological polar surface area (TPSA) is 80.3 Å². The van der Waals surface area contributed by atoms with Crippen LogP contribution in [0, 0.1) is 18.7 Å². The number of likely N-dealkylation sites (N-methyl/N-ethyl adjacent to an activating group) is 2. The molecular formula is C35H36F4N6O3. The van der Waals surface area contributed by atoms with E-state index < -0.39 is 41.3 Å². The maximum absolute atomic E-state index is 15.7. The molecule has 2 atom stereocenters. The van der Waals surface area contributed by atoms with Crippen LogP contribution < -0.4 is 14.7 Å². The molecule has 1 aromatic heterocycles. The van der Waals surface area contributed by atoms with Crippen LogP contribution in [0.4, 0.5) is 34.8 Å². The van der Waals surface area contributed by atoms with Gasteiger partial charge in [-0.15, -0.1) is 0 Å². The summed E-state index contributed by atoms with van der Waals surface area (Å²) in [5.74, 6) is -2.64. The maximum atomic E-state index is 15.7. The number of aryl methyl sites for hydroxylation is 1. The third kappa shape index (κ3) is 6.38. The van der Waals surface area contributed by atoms with Crippen LogP contribution in [0.5, 0.6) is 0 Å². The number of halogens is 4. The second-order valence-corrected chi connectivity index (χ2v) is 12.9. The number of pyridine rings is 1. The molecule has 6 rings (SSSR count). The number of benzene rings is 2. The van der Waals surface area contributed by atoms with Crippen molar-refractivity contribution in [3.05, 3.63) is 94.4 Å². The van der Waals surface area contributed by atoms with Gasteiger partial charge in [-0.25, -0.2) is 9.37 Å². The van der Waals surface area contributed by atoms with Crippen molar-refractivity contribution in [3.63, 3.8) is 0 Å². The number of fused-ring (bicyclic) bond motifs is 3. The Labute approximate surface area is 276 Å². The first-order valence-electron chi connectivity index (χ1n) is 15.6. The molecule has 3 aliphatic rings. The minimum atomic E-state index is -4.68. The quantitative estimate of drug-likeness (QED) is 0.275. The lowest BCUT2D eigenvalue weighted by molar-refractivity contribution is -0.137. The predicted molar refractivity (Wildman–Crippen MR) is 173 cm³/mol. The number of alkyl halides is 3. The summed E-state index contributed by atoms with van der Waals surface area (Å²) in [5.41, 5.74) is 2.37. The number of para-hydroxylation sites is 1. The average molecular weight is 665 g/mol. The average Bonchev–Trinajstić information content (AvgIpc) is 3.58. The van der Waals surface area contributed by atoms with Crippen molar-refractivity contribution >= 4 is 34.9 Å². The molecule has 0 N–H and O–H groups in total. The molecule has 252 valence electrons. The third-order valence-electron chi connectivity index (χ3n) is 9.03. The molecule has 1 fully saturated rings. The predicted octanol–water partition coefficient (Wildman–Crippen LogP) is 4.91. The summed E-state index contributed by atoms with van der Waals surface area (Å²) >= 11 is 0. The molecule has 13 heteroatoms. The molecule has 48 heavy (non-hydrogen) atoms. The molecule has 2 aromatic carbocycles. The van der Waals surface area contributed by atoms with E-state index in [0.29, 0.717) is 19.6 Å². The molecular weight excluding hydrogens is 628 g/mol. The molecule has 0 bridgehead atoms. The molecule has 0 aliphatic carbocycles. The molecule has 3 aromatic rings. The van der Waals surface area contributed by atoms with Crippen LogP contribution >= 0.6 is 0 Å². The molecule has 0 unspecified atom stereocenters. The van der Waals surface area contributed by atoms with Gasteiger partial charge in [0.2, 0.25) is 17.7 Å². The third-order valence-corrected chi connectivity index (χ3v) is 9.03. The first-order valence-corrected chi connectivity index (χ1v) is 15.6. The lowest BCUT2D eigenvalue weighted by Gasteiger charge is -2.39. The minimum absolute atomic E-state index is 0.0539. The zero-order chi connectivity index (χ0) is 34.5. The Kier molecular flexibility index (Phi) is 8.75. The lowest BCUT2D eigenvalue weighted by atomic mass is 9.95. The van der Waals surface area contributed by atoms with E-state index in [1.54, 1.807) is 21.9 Å². The molecule has 3 amide bonds. The van der Waals surface area contributed by atoms with Crippen molar-refractivity contribution in [2.24, 2.45) is 5.92 Å². The summed E-state index contributed by atoms with van der Waals surface area (Å²) in [6.07, 6.45) is -1.42. The Morgan fingerprint density at radius 3 is 2.54 bits per heavy atom. The highest BCUT2D eigenvalue weighted by Gasteiger charge is 2.49. The number of nitrogens with zero attached hydrogens (tertiary/aromatic N) is 6. The molecule has 9 nitrogen and oxygen atoms in total. The van der Waals surface area contributed by atoms with Gasteiger partial charge in [0.05, 0.1) is 16.9 Å². The standard InChI is InChI=1S/C35H36F4N6O3/c1-21-13-26(35(37,38)39)16-29(40-21)45-31(47)15-25-20-44(33-27(36)7-5-8-28(33)42(4)34(48)32(25)45)17-22-10-11-23-18-43(19-24(23)14-22)30(46)9-6-12-41(2)3/h5-11,13-14,16,25,32H,12,15,17-20H2,1-4H3/b9-6+/t25-,32+/m1/s1. The Morgan fingerprint density at radius 2 is 1.81 bits per heavy atom. The van der Waals surface area contributed by atoms with E-state index in [4.69, 9.17) is 0 Å². The molecule has 1 saturated heterocycles. The number of carbonyl (C=O) groups excluding carboxylic acids is 3. The highest BCUT2D eigenvalue weighted by atomic mass is 19.4. The largest absolute Gasteiger partial charge is 0.416 e. The van der Waals surface area contributed by atoms with Crippen molar-refractivity contribution in [2.45, 2.75) is 45.2 Å². The molecule has 3 aliphatic heterocycles. The van der Waals surface area contributed by atoms with Gasteiger partial charge < -0.3 is 19.6 Å². The maximum Gasteiger partial charge on any atom is 0.416 e. The Morgan fingerprint density at radius 1 is 1.06 bits per heavy atom. The van der Waals surface area contributed by atoms with Crippen LogP contribution in [-0.4, -0.2) is 72.8 Å². The summed E-state index contributed by atoms with van der Waals surface area (Å²) in [7, 11) is 5.31. The van der Waals surface area contributed by atoms with Gasteiger partial charge in [0.25, 0.3) is 0 Å². The molecule has 4 heterocycles. The molecule has 0 saturated carbocycles. The minimum Gasteiger partial charge on any atom is -0.363 e. The van der Waals surface area contributed by atoms with Crippen LogP contribution in [0.2, 0.25) is 0 Å². The van der Waals surface area contributed by atoms with Gasteiger partial charge in [-0.05, 0) is 62.0 Å². The van der Waals surface area contributed by atoms with E-state index >= 15 is 4.39 Å². The fraction of sp³-hybridized carbons (Fsp3) is 0.371. The normalized spacial score (nSPS) is 19.6. The van der Waals surface area contributed by atoms with Gasteiger partial charge in [0.1, 0.15) is 17.7 Å². The van der Waals surface area contributed by atoms with Crippen molar-refractivity contribution in [1.29, 1.82) is 0 Å². The summed E-state index contributed by atoms with van der Waals surface area (Å²) < 4.78 is 56.9. The highest BCUT2D eigenvalue weighted by Crippen LogP contribution is 2.42. The van der Waals surface area contributed by atoms with Gasteiger partial charge in [-0.3, -0.25) is 19.3 Å². The number of amides is 3. The van der Waals surface area contributed by atoms with Gasteiger partial charge in [0.15, 0.2) is 0 Å². The SMILES string of the molecule is Cc1cc(C(F)(F)F)cc(N2C(=O)C[C@@H]3CN(Cc4ccc5c(c4)CN(C(=O)/C=C/CN(C)C)C5)c4c(F)cccc4N(C)C(=O)[C@H]32)n1. The van der Waals surface area contributed by atoms with Gasteiger partial charge >= 0.3 is 6.18 Å². The number of rotatable bonds is 6. The van der Waals surface area contributed by atoms with E-state index in [2.05, 4.69) is 4.98 Å². The number of hydrogen-bond acceptors (Lipinski definition) is 6. The van der Waals surface area contributed by atoms with E-state index in [1.165, 1.54) is 31.0 Å². The van der Waals surface area contributed by atoms with Gasteiger partial charge in [-0.1, -0.05) is 30.3 Å². The summed E-state index contributed by atoms with van der Waals surface area (Å²) in [4.78, 5) is 52.4. The zero-order valence-electron chi connectivity index (χ0n) is 27.1. The van der Waals surface area contributed by atoms with Gasteiger partial charge in [-0.2, -0.15) is 13.2 Å². The summed E-state index contributed by atoms with van der Waals surface area (Å²) in [6, 6.07) is 10.8. The van der Waals surface area contributed by atoms with Gasteiger partial charge in [0, 0.05) is 63.9 Å². The number of anilines is 3. The molecule has 0 radical (unpaired) electrons. The zero-order valence-corrected chi connectivity index (χ0v) is 27.1. The fourth-order valence-electron chi connectivity index (χ4n) is 6.80. The summed E-state index contributed by atoms with van der Waals surface area (Å²) in [6.45, 7) is 3.24. The van der Waals surface area contributed by atoms with E-state index in [1.807, 2.05) is 43.3 Å². The van der Waals surface area contributed by atoms with E-state index in [-0.39, 0.29) is 48.3 Å². The van der Waals surface area contributed by atoms with Crippen LogP contribution in [-0.2, 0) is 40.2 Å². The Hall–Kier alpha value is -4.78. The number of aromatic nitrogens is 1. The lowest BCUT2D eigenvalue weighted by Crippen LogP contribution is -2.52. The van der Waals surface area contributed by atoms with E-state index in [0.717, 1.165) is 33.7 Å². The summed E-state index contributed by atoms with van der Waals surface area (Å²) in [5, 5.41) is 0. The van der Waals surface area contributed by atoms with Crippen molar-refractivity contribution in [1.82, 2.24) is 14.8 Å². The Bertz CT molecular complexity index is 1810. The second kappa shape index (κ2) is 12.7. The van der Waals surface area contributed by atoms with Crippen molar-refractivity contribution in [2.75, 3.05) is 48.9 Å². The first kappa shape index (κ1) is 33.1. The van der Waals surface area contributed by atoms with Crippen molar-refractivity contribution < 1.29 is 31.9 Å². The smallest absolute Gasteiger partial charge is 0.363 e. The monoisotopic (exact) mass is 664 g/mol. The number of carbonyl (C=O) groups is 3. The number of hydrogen-bond donors (Lipinski definition) is 0. The van der Waals surface area contributed by atoms with Crippen LogP contribution in [0.3, 0.4) is 0 Å². The Balaban J connectivity index is 1.32. The molecule has 0 spiro atoms.